The third-order valence-corrected chi connectivity index (χ3v) is 5.71. The van der Waals surface area contributed by atoms with Gasteiger partial charge in [0.25, 0.3) is 5.91 Å². The van der Waals surface area contributed by atoms with Crippen LogP contribution in [0.1, 0.15) is 34.6 Å². The number of carboxylic acid groups (broad SMARTS) is 1. The fourth-order valence-corrected chi connectivity index (χ4v) is 4.43. The Bertz CT molecular complexity index is 1170. The van der Waals surface area contributed by atoms with Crippen LogP contribution in [-0.2, 0) is 11.2 Å². The topological polar surface area (TPSA) is 93.7 Å². The molecular weight excluding hydrogens is 358 g/mol. The monoisotopic (exact) mass is 375 g/mol. The van der Waals surface area contributed by atoms with E-state index in [1.165, 1.54) is 12.1 Å². The molecule has 0 unspecified atom stereocenters. The molecule has 2 N–H and O–H groups in total. The van der Waals surface area contributed by atoms with E-state index >= 15 is 0 Å². The highest BCUT2D eigenvalue weighted by Gasteiger charge is 2.52. The number of anilines is 1. The van der Waals surface area contributed by atoms with Crippen LogP contribution in [0.5, 0.6) is 0 Å². The van der Waals surface area contributed by atoms with Gasteiger partial charge in [0.15, 0.2) is 0 Å². The Morgan fingerprint density at radius 1 is 1.11 bits per heavy atom. The van der Waals surface area contributed by atoms with E-state index in [2.05, 4.69) is 4.98 Å². The molecule has 0 radical (unpaired) electrons. The summed E-state index contributed by atoms with van der Waals surface area (Å²) in [6, 6.07) is 12.5. The highest BCUT2D eigenvalue weighted by Crippen LogP contribution is 2.42. The van der Waals surface area contributed by atoms with Crippen LogP contribution in [0.4, 0.5) is 10.5 Å². The maximum atomic E-state index is 13.2. The molecule has 2 aromatic carbocycles. The Hall–Kier alpha value is -3.61. The largest absolute Gasteiger partial charge is 0.478 e. The zero-order valence-electron chi connectivity index (χ0n) is 15.0. The average molecular weight is 375 g/mol. The molecule has 1 saturated heterocycles. The van der Waals surface area contributed by atoms with Crippen LogP contribution >= 0.6 is 0 Å². The number of carbonyl (C=O) groups is 3. The Kier molecular flexibility index (Phi) is 3.37. The predicted octanol–water partition coefficient (Wildman–Crippen LogP) is 3.32. The first-order valence-electron chi connectivity index (χ1n) is 9.07. The van der Waals surface area contributed by atoms with E-state index in [0.717, 1.165) is 27.1 Å². The summed E-state index contributed by atoms with van der Waals surface area (Å²) < 4.78 is 0. The van der Waals surface area contributed by atoms with Gasteiger partial charge in [0.05, 0.1) is 17.3 Å². The maximum absolute atomic E-state index is 13.2. The van der Waals surface area contributed by atoms with E-state index in [9.17, 15) is 19.5 Å². The van der Waals surface area contributed by atoms with Crippen molar-refractivity contribution in [3.05, 3.63) is 65.4 Å². The molecule has 140 valence electrons. The van der Waals surface area contributed by atoms with Gasteiger partial charge in [-0.3, -0.25) is 4.79 Å². The smallest absolute Gasteiger partial charge is 0.337 e. The summed E-state index contributed by atoms with van der Waals surface area (Å²) in [5, 5.41) is 10.5. The van der Waals surface area contributed by atoms with Crippen molar-refractivity contribution in [1.29, 1.82) is 0 Å². The van der Waals surface area contributed by atoms with Gasteiger partial charge < -0.3 is 15.0 Å². The van der Waals surface area contributed by atoms with Crippen LogP contribution in [0.15, 0.2) is 48.5 Å². The number of hydrogen-bond donors (Lipinski definition) is 2. The Morgan fingerprint density at radius 3 is 2.61 bits per heavy atom. The number of benzene rings is 2. The molecule has 3 aromatic rings. The minimum absolute atomic E-state index is 0.0688. The number of rotatable bonds is 2. The Labute approximate surface area is 160 Å². The number of imide groups is 1. The SMILES string of the molecule is C[C@H]1c2[nH]c3ccccc3c2C[C@@H]2C(=O)N(c3ccccc3C(=O)O)C(=O)N21. The van der Waals surface area contributed by atoms with Crippen LogP contribution in [0, 0.1) is 0 Å². The number of carboxylic acids is 1. The zero-order valence-corrected chi connectivity index (χ0v) is 15.0. The lowest BCUT2D eigenvalue weighted by Crippen LogP contribution is -2.42. The van der Waals surface area contributed by atoms with Gasteiger partial charge in [-0.15, -0.1) is 0 Å². The quantitative estimate of drug-likeness (QED) is 0.672. The van der Waals surface area contributed by atoms with E-state index < -0.39 is 18.0 Å². The first kappa shape index (κ1) is 16.6. The second kappa shape index (κ2) is 5.69. The number of aromatic carboxylic acids is 1. The summed E-state index contributed by atoms with van der Waals surface area (Å²) in [5.41, 5.74) is 2.99. The molecule has 1 fully saturated rings. The average Bonchev–Trinajstić information content (AvgIpc) is 3.18. The van der Waals surface area contributed by atoms with Crippen molar-refractivity contribution < 1.29 is 19.5 Å². The van der Waals surface area contributed by atoms with Gasteiger partial charge in [-0.2, -0.15) is 0 Å². The first-order valence-corrected chi connectivity index (χ1v) is 9.07. The van der Waals surface area contributed by atoms with Gasteiger partial charge in [0, 0.05) is 23.0 Å². The number of nitrogens with one attached hydrogen (secondary N) is 1. The molecule has 3 heterocycles. The van der Waals surface area contributed by atoms with E-state index in [1.54, 1.807) is 17.0 Å². The standard InChI is InChI=1S/C21H17N3O4/c1-11-18-14(12-6-2-4-8-15(12)22-18)10-17-19(25)24(21(28)23(11)17)16-9-5-3-7-13(16)20(26)27/h2-9,11,17,22H,10H2,1H3,(H,26,27)/t11-,17+/m0/s1. The van der Waals surface area contributed by atoms with Crippen molar-refractivity contribution in [2.75, 3.05) is 4.90 Å². The number of H-pyrrole nitrogens is 1. The predicted molar refractivity (Wildman–Crippen MR) is 102 cm³/mol. The molecule has 28 heavy (non-hydrogen) atoms. The van der Waals surface area contributed by atoms with Crippen LogP contribution in [-0.4, -0.2) is 38.9 Å². The second-order valence-corrected chi connectivity index (χ2v) is 7.14. The molecule has 0 spiro atoms. The first-order chi connectivity index (χ1) is 13.5. The van der Waals surface area contributed by atoms with Gasteiger partial charge in [-0.05, 0) is 30.7 Å². The van der Waals surface area contributed by atoms with Gasteiger partial charge >= 0.3 is 12.0 Å². The molecule has 1 aromatic heterocycles. The van der Waals surface area contributed by atoms with Crippen molar-refractivity contribution in [3.63, 3.8) is 0 Å². The van der Waals surface area contributed by atoms with Gasteiger partial charge in [-0.25, -0.2) is 14.5 Å². The number of carbonyl (C=O) groups excluding carboxylic acids is 2. The van der Waals surface area contributed by atoms with Crippen molar-refractivity contribution >= 4 is 34.5 Å². The van der Waals surface area contributed by atoms with Crippen molar-refractivity contribution in [1.82, 2.24) is 9.88 Å². The molecule has 0 saturated carbocycles. The van der Waals surface area contributed by atoms with Crippen LogP contribution in [0.25, 0.3) is 10.9 Å². The number of amides is 3. The van der Waals surface area contributed by atoms with E-state index in [4.69, 9.17) is 0 Å². The number of hydrogen-bond acceptors (Lipinski definition) is 3. The summed E-state index contributed by atoms with van der Waals surface area (Å²) in [5.74, 6) is -1.56. The maximum Gasteiger partial charge on any atom is 0.337 e. The molecule has 0 bridgehead atoms. The highest BCUT2D eigenvalue weighted by molar-refractivity contribution is 6.23. The number of para-hydroxylation sites is 2. The lowest BCUT2D eigenvalue weighted by atomic mass is 9.93. The van der Waals surface area contributed by atoms with Crippen LogP contribution in [0.3, 0.4) is 0 Å². The van der Waals surface area contributed by atoms with Crippen molar-refractivity contribution in [2.45, 2.75) is 25.4 Å². The summed E-state index contributed by atoms with van der Waals surface area (Å²) in [6.07, 6.45) is 0.403. The number of aromatic nitrogens is 1. The Balaban J connectivity index is 1.62. The normalized spacial score (nSPS) is 21.2. The molecular formula is C21H17N3O4. The molecule has 7 heteroatoms. The minimum Gasteiger partial charge on any atom is -0.478 e. The summed E-state index contributed by atoms with van der Waals surface area (Å²) >= 11 is 0. The molecule has 3 amide bonds. The summed E-state index contributed by atoms with van der Waals surface area (Å²) in [4.78, 5) is 43.9. The van der Waals surface area contributed by atoms with Gasteiger partial charge in [-0.1, -0.05) is 30.3 Å². The van der Waals surface area contributed by atoms with Gasteiger partial charge in [0.1, 0.15) is 6.04 Å². The molecule has 5 rings (SSSR count). The van der Waals surface area contributed by atoms with Gasteiger partial charge in [0.2, 0.25) is 0 Å². The minimum atomic E-state index is -1.18. The third-order valence-electron chi connectivity index (χ3n) is 5.71. The van der Waals surface area contributed by atoms with E-state index in [0.29, 0.717) is 6.42 Å². The number of urea groups is 1. The Morgan fingerprint density at radius 2 is 1.82 bits per heavy atom. The number of fused-ring (bicyclic) bond motifs is 4. The second-order valence-electron chi connectivity index (χ2n) is 7.14. The summed E-state index contributed by atoms with van der Waals surface area (Å²) in [6.45, 7) is 1.89. The molecule has 7 nitrogen and oxygen atoms in total. The highest BCUT2D eigenvalue weighted by atomic mass is 16.4. The molecule has 0 aliphatic carbocycles. The van der Waals surface area contributed by atoms with Crippen LogP contribution in [0.2, 0.25) is 0 Å². The lowest BCUT2D eigenvalue weighted by molar-refractivity contribution is -0.120. The van der Waals surface area contributed by atoms with Crippen molar-refractivity contribution in [3.8, 4) is 0 Å². The van der Waals surface area contributed by atoms with Crippen LogP contribution < -0.4 is 4.90 Å². The number of aromatic amines is 1. The van der Waals surface area contributed by atoms with E-state index in [1.807, 2.05) is 31.2 Å². The molecule has 2 atom stereocenters. The third kappa shape index (κ3) is 2.07. The van der Waals surface area contributed by atoms with E-state index in [-0.39, 0.29) is 23.2 Å². The molecule has 2 aliphatic rings. The zero-order chi connectivity index (χ0) is 19.6. The lowest BCUT2D eigenvalue weighted by Gasteiger charge is -2.33. The fraction of sp³-hybridized carbons (Fsp3) is 0.190. The fourth-order valence-electron chi connectivity index (χ4n) is 4.43. The van der Waals surface area contributed by atoms with Crippen molar-refractivity contribution in [2.24, 2.45) is 0 Å². The summed E-state index contributed by atoms with van der Waals surface area (Å²) in [7, 11) is 0. The number of nitrogens with zero attached hydrogens (tertiary/aromatic N) is 2. The molecule has 2 aliphatic heterocycles.